The van der Waals surface area contributed by atoms with Gasteiger partial charge in [-0.25, -0.2) is 0 Å². The van der Waals surface area contributed by atoms with E-state index in [1.54, 1.807) is 0 Å². The molecule has 0 atom stereocenters. The van der Waals surface area contributed by atoms with E-state index in [9.17, 15) is 0 Å². The van der Waals surface area contributed by atoms with E-state index in [1.807, 2.05) is 0 Å². The Kier molecular flexibility index (Phi) is 2.66. The summed E-state index contributed by atoms with van der Waals surface area (Å²) in [5, 5.41) is 0. The Morgan fingerprint density at radius 2 is 2.25 bits per heavy atom. The van der Waals surface area contributed by atoms with Gasteiger partial charge in [0.05, 0.1) is 0 Å². The lowest BCUT2D eigenvalue weighted by Gasteiger charge is -2.30. The zero-order valence-electron chi connectivity index (χ0n) is 4.93. The Morgan fingerprint density at radius 1 is 1.50 bits per heavy atom. The van der Waals surface area contributed by atoms with Gasteiger partial charge < -0.3 is 4.90 Å². The first-order valence-corrected chi connectivity index (χ1v) is 3.47. The number of thiol groups is 1. The lowest BCUT2D eigenvalue weighted by atomic mass is 10.2. The summed E-state index contributed by atoms with van der Waals surface area (Å²) in [5.74, 6) is 0. The maximum Gasteiger partial charge on any atom is 0.0184 e. The zero-order chi connectivity index (χ0) is 5.82. The van der Waals surface area contributed by atoms with Gasteiger partial charge in [-0.15, -0.1) is 0 Å². The number of nitrogens with one attached hydrogen (secondary N) is 1. The first-order valence-electron chi connectivity index (χ1n) is 3.03. The van der Waals surface area contributed by atoms with E-state index in [4.69, 9.17) is 0 Å². The summed E-state index contributed by atoms with van der Waals surface area (Å²) in [4.78, 5) is 2.41. The maximum absolute atomic E-state index is 3.88. The molecule has 0 bridgehead atoms. The van der Waals surface area contributed by atoms with E-state index in [0.29, 0.717) is 0 Å². The van der Waals surface area contributed by atoms with Gasteiger partial charge in [0.1, 0.15) is 0 Å². The number of hydrogen-bond donors (Lipinski definition) is 2. The summed E-state index contributed by atoms with van der Waals surface area (Å²) in [6.07, 6.45) is 1.38. The summed E-state index contributed by atoms with van der Waals surface area (Å²) in [6.45, 7) is 4.73. The number of rotatable bonds is 3. The van der Waals surface area contributed by atoms with Gasteiger partial charge in [0.25, 0.3) is 0 Å². The van der Waals surface area contributed by atoms with Crippen LogP contribution in [-0.2, 0) is 0 Å². The molecular formula is C5H12N2S. The minimum Gasteiger partial charge on any atom is -0.302 e. The molecule has 1 saturated heterocycles. The largest absolute Gasteiger partial charge is 0.302 e. The molecule has 0 spiro atoms. The van der Waals surface area contributed by atoms with E-state index >= 15 is 0 Å². The quantitative estimate of drug-likeness (QED) is 0.531. The number of nitrogens with zero attached hydrogens (tertiary/aromatic N) is 1. The molecule has 1 rings (SSSR count). The van der Waals surface area contributed by atoms with Crippen molar-refractivity contribution in [2.45, 2.75) is 6.42 Å². The smallest absolute Gasteiger partial charge is 0.0184 e. The van der Waals surface area contributed by atoms with Crippen molar-refractivity contribution in [2.75, 3.05) is 26.2 Å². The van der Waals surface area contributed by atoms with Crippen molar-refractivity contribution in [1.82, 2.24) is 9.62 Å². The fraction of sp³-hybridized carbons (Fsp3) is 1.00. The van der Waals surface area contributed by atoms with Crippen LogP contribution in [-0.4, -0.2) is 31.1 Å². The third-order valence-corrected chi connectivity index (χ3v) is 1.71. The van der Waals surface area contributed by atoms with Gasteiger partial charge in [0, 0.05) is 13.1 Å². The van der Waals surface area contributed by atoms with Gasteiger partial charge >= 0.3 is 0 Å². The molecule has 0 aromatic rings. The van der Waals surface area contributed by atoms with E-state index in [2.05, 4.69) is 22.4 Å². The SMILES string of the molecule is SNCCN1CCC1. The molecule has 8 heavy (non-hydrogen) atoms. The van der Waals surface area contributed by atoms with Crippen LogP contribution in [0.25, 0.3) is 0 Å². The van der Waals surface area contributed by atoms with Gasteiger partial charge in [-0.2, -0.15) is 0 Å². The minimum absolute atomic E-state index is 1.00. The van der Waals surface area contributed by atoms with Crippen LogP contribution in [0.15, 0.2) is 0 Å². The molecule has 0 unspecified atom stereocenters. The third kappa shape index (κ3) is 1.65. The van der Waals surface area contributed by atoms with Crippen LogP contribution in [0, 0.1) is 0 Å². The van der Waals surface area contributed by atoms with Gasteiger partial charge in [-0.3, -0.25) is 4.72 Å². The van der Waals surface area contributed by atoms with E-state index in [1.165, 1.54) is 19.5 Å². The van der Waals surface area contributed by atoms with E-state index in [0.717, 1.165) is 13.1 Å². The van der Waals surface area contributed by atoms with Crippen molar-refractivity contribution in [3.05, 3.63) is 0 Å². The molecule has 3 heteroatoms. The second-order valence-electron chi connectivity index (χ2n) is 2.10. The van der Waals surface area contributed by atoms with Gasteiger partial charge in [-0.1, -0.05) is 12.8 Å². The maximum atomic E-state index is 3.88. The highest BCUT2D eigenvalue weighted by Gasteiger charge is 2.11. The van der Waals surface area contributed by atoms with Crippen LogP contribution in [0.4, 0.5) is 0 Å². The molecule has 1 fully saturated rings. The summed E-state index contributed by atoms with van der Waals surface area (Å²) in [6, 6.07) is 0. The molecular weight excluding hydrogens is 120 g/mol. The topological polar surface area (TPSA) is 15.3 Å². The van der Waals surface area contributed by atoms with Crippen LogP contribution >= 0.6 is 12.8 Å². The minimum atomic E-state index is 1.00. The normalized spacial score (nSPS) is 20.6. The predicted octanol–water partition coefficient (Wildman–Crippen LogP) is 0.126. The van der Waals surface area contributed by atoms with Crippen molar-refractivity contribution in [3.8, 4) is 0 Å². The highest BCUT2D eigenvalue weighted by Crippen LogP contribution is 2.02. The Labute approximate surface area is 55.8 Å². The molecule has 1 aliphatic heterocycles. The van der Waals surface area contributed by atoms with Crippen LogP contribution in [0.2, 0.25) is 0 Å². The Bertz CT molecular complexity index is 63.4. The van der Waals surface area contributed by atoms with Crippen LogP contribution in [0.5, 0.6) is 0 Å². The molecule has 2 nitrogen and oxygen atoms in total. The fourth-order valence-electron chi connectivity index (χ4n) is 0.813. The second kappa shape index (κ2) is 3.33. The van der Waals surface area contributed by atoms with Crippen molar-refractivity contribution < 1.29 is 0 Å². The van der Waals surface area contributed by atoms with Crippen molar-refractivity contribution >= 4 is 12.8 Å². The molecule has 1 aliphatic rings. The summed E-state index contributed by atoms with van der Waals surface area (Å²) < 4.78 is 2.82. The molecule has 0 aromatic heterocycles. The molecule has 0 aliphatic carbocycles. The van der Waals surface area contributed by atoms with E-state index < -0.39 is 0 Å². The summed E-state index contributed by atoms with van der Waals surface area (Å²) in [7, 11) is 0. The molecule has 1 heterocycles. The highest BCUT2D eigenvalue weighted by atomic mass is 32.1. The predicted molar refractivity (Wildman–Crippen MR) is 38.0 cm³/mol. The van der Waals surface area contributed by atoms with Crippen molar-refractivity contribution in [1.29, 1.82) is 0 Å². The number of hydrogen-bond acceptors (Lipinski definition) is 3. The van der Waals surface area contributed by atoms with Gasteiger partial charge in [-0.05, 0) is 19.5 Å². The third-order valence-electron chi connectivity index (χ3n) is 1.49. The van der Waals surface area contributed by atoms with Crippen LogP contribution < -0.4 is 4.72 Å². The Morgan fingerprint density at radius 3 is 2.62 bits per heavy atom. The highest BCUT2D eigenvalue weighted by molar-refractivity contribution is 7.78. The first kappa shape index (κ1) is 6.39. The lowest BCUT2D eigenvalue weighted by molar-refractivity contribution is 0.186. The molecule has 48 valence electrons. The zero-order valence-corrected chi connectivity index (χ0v) is 5.82. The van der Waals surface area contributed by atoms with Crippen LogP contribution in [0.3, 0.4) is 0 Å². The molecule has 1 N–H and O–H groups in total. The van der Waals surface area contributed by atoms with Gasteiger partial charge in [0.15, 0.2) is 0 Å². The van der Waals surface area contributed by atoms with E-state index in [-0.39, 0.29) is 0 Å². The lowest BCUT2D eigenvalue weighted by Crippen LogP contribution is -2.40. The average molecular weight is 132 g/mol. The summed E-state index contributed by atoms with van der Waals surface area (Å²) >= 11 is 3.88. The monoisotopic (exact) mass is 132 g/mol. The van der Waals surface area contributed by atoms with Crippen LogP contribution in [0.1, 0.15) is 6.42 Å². The van der Waals surface area contributed by atoms with Crippen molar-refractivity contribution in [3.63, 3.8) is 0 Å². The molecule has 0 radical (unpaired) electrons. The second-order valence-corrected chi connectivity index (χ2v) is 2.42. The molecule has 0 amide bonds. The summed E-state index contributed by atoms with van der Waals surface area (Å²) in [5.41, 5.74) is 0. The first-order chi connectivity index (χ1) is 3.93. The Balaban J connectivity index is 1.86. The fourth-order valence-corrected chi connectivity index (χ4v) is 0.913. The Hall–Kier alpha value is 0.270. The standard InChI is InChI=1S/C5H12N2S/c8-6-2-5-7-3-1-4-7/h6,8H,1-5H2. The molecule has 0 aromatic carbocycles. The average Bonchev–Trinajstić information content (AvgIpc) is 1.63. The molecule has 0 saturated carbocycles. The number of likely N-dealkylation sites (tertiary alicyclic amines) is 1. The van der Waals surface area contributed by atoms with Gasteiger partial charge in [0.2, 0.25) is 0 Å². The van der Waals surface area contributed by atoms with Crippen molar-refractivity contribution in [2.24, 2.45) is 0 Å².